The Morgan fingerprint density at radius 2 is 2.35 bits per heavy atom. The van der Waals surface area contributed by atoms with E-state index in [1.165, 1.54) is 10.5 Å². The summed E-state index contributed by atoms with van der Waals surface area (Å²) in [6, 6.07) is 0. The van der Waals surface area contributed by atoms with Gasteiger partial charge < -0.3 is 4.74 Å². The predicted octanol–water partition coefficient (Wildman–Crippen LogP) is 1.31. The van der Waals surface area contributed by atoms with Gasteiger partial charge in [0.1, 0.15) is 4.90 Å². The average Bonchev–Trinajstić information content (AvgIpc) is 2.94. The molecule has 1 aromatic rings. The van der Waals surface area contributed by atoms with Gasteiger partial charge in [-0.25, -0.2) is 8.42 Å². The van der Waals surface area contributed by atoms with E-state index >= 15 is 0 Å². The zero-order valence-corrected chi connectivity index (χ0v) is 13.1. The lowest BCUT2D eigenvalue weighted by atomic mass is 10.2. The average molecular weight is 322 g/mol. The van der Waals surface area contributed by atoms with Crippen molar-refractivity contribution in [2.24, 2.45) is 0 Å². The number of hydrogen-bond donors (Lipinski definition) is 0. The fourth-order valence-electron chi connectivity index (χ4n) is 2.13. The molecule has 0 bridgehead atoms. The van der Waals surface area contributed by atoms with Crippen LogP contribution in [-0.4, -0.2) is 54.2 Å². The van der Waals surface area contributed by atoms with Crippen molar-refractivity contribution in [2.75, 3.05) is 25.6 Å². The first-order chi connectivity index (χ1) is 9.57. The van der Waals surface area contributed by atoms with E-state index in [4.69, 9.17) is 16.3 Å². The van der Waals surface area contributed by atoms with Gasteiger partial charge in [-0.2, -0.15) is 9.40 Å². The van der Waals surface area contributed by atoms with Crippen LogP contribution in [0.4, 0.5) is 0 Å². The second kappa shape index (κ2) is 6.89. The van der Waals surface area contributed by atoms with Crippen molar-refractivity contribution in [2.45, 2.75) is 37.3 Å². The van der Waals surface area contributed by atoms with Gasteiger partial charge in [0.05, 0.1) is 18.9 Å². The summed E-state index contributed by atoms with van der Waals surface area (Å²) in [5.74, 6) is 0.531. The quantitative estimate of drug-likeness (QED) is 0.741. The molecule has 0 aliphatic carbocycles. The zero-order chi connectivity index (χ0) is 14.6. The number of ether oxygens (including phenoxy) is 1. The molecule has 1 aliphatic heterocycles. The van der Waals surface area contributed by atoms with Crippen LogP contribution in [0.2, 0.25) is 0 Å². The van der Waals surface area contributed by atoms with E-state index in [0.717, 1.165) is 12.8 Å². The standard InChI is InChI=1S/C12H20ClN3O3S/c1-2-11-9-16(6-7-19-11)20(17,18)12-8-14-15(10-12)5-3-4-13/h8,10-11H,2-7,9H2,1H3. The third-order valence-electron chi connectivity index (χ3n) is 3.33. The maximum absolute atomic E-state index is 12.5. The number of rotatable bonds is 6. The fraction of sp³-hybridized carbons (Fsp3) is 0.750. The van der Waals surface area contributed by atoms with Gasteiger partial charge in [0.2, 0.25) is 10.0 Å². The maximum Gasteiger partial charge on any atom is 0.246 e. The van der Waals surface area contributed by atoms with Crippen LogP contribution >= 0.6 is 11.6 Å². The van der Waals surface area contributed by atoms with E-state index in [2.05, 4.69) is 5.10 Å². The molecule has 0 N–H and O–H groups in total. The summed E-state index contributed by atoms with van der Waals surface area (Å²) in [6.45, 7) is 3.86. The molecular weight excluding hydrogens is 302 g/mol. The number of nitrogens with zero attached hydrogens (tertiary/aromatic N) is 3. The highest BCUT2D eigenvalue weighted by atomic mass is 35.5. The van der Waals surface area contributed by atoms with Gasteiger partial charge in [0.15, 0.2) is 0 Å². The normalized spacial score (nSPS) is 21.2. The van der Waals surface area contributed by atoms with E-state index in [1.807, 2.05) is 6.92 Å². The van der Waals surface area contributed by atoms with Crippen LogP contribution < -0.4 is 0 Å². The first-order valence-electron chi connectivity index (χ1n) is 6.78. The third-order valence-corrected chi connectivity index (χ3v) is 5.41. The van der Waals surface area contributed by atoms with Crippen molar-refractivity contribution < 1.29 is 13.2 Å². The fourth-order valence-corrected chi connectivity index (χ4v) is 3.66. The van der Waals surface area contributed by atoms with Crippen LogP contribution in [0.3, 0.4) is 0 Å². The number of morpholine rings is 1. The molecule has 0 aromatic carbocycles. The molecule has 114 valence electrons. The summed E-state index contributed by atoms with van der Waals surface area (Å²) < 4.78 is 33.7. The lowest BCUT2D eigenvalue weighted by Gasteiger charge is -2.31. The minimum Gasteiger partial charge on any atom is -0.375 e. The van der Waals surface area contributed by atoms with E-state index in [9.17, 15) is 8.42 Å². The number of aromatic nitrogens is 2. The SMILES string of the molecule is CCC1CN(S(=O)(=O)c2cnn(CCCCl)c2)CCO1. The lowest BCUT2D eigenvalue weighted by Crippen LogP contribution is -2.45. The van der Waals surface area contributed by atoms with Crippen molar-refractivity contribution in [3.8, 4) is 0 Å². The van der Waals surface area contributed by atoms with Crippen LogP contribution in [0.1, 0.15) is 19.8 Å². The van der Waals surface area contributed by atoms with E-state index in [-0.39, 0.29) is 11.0 Å². The molecule has 1 atom stereocenters. The number of halogens is 1. The Kier molecular flexibility index (Phi) is 5.42. The Balaban J connectivity index is 2.11. The summed E-state index contributed by atoms with van der Waals surface area (Å²) in [6.07, 6.45) is 4.52. The molecule has 1 aliphatic rings. The topological polar surface area (TPSA) is 64.4 Å². The molecule has 6 nitrogen and oxygen atoms in total. The molecule has 8 heteroatoms. The van der Waals surface area contributed by atoms with Crippen molar-refractivity contribution in [1.82, 2.24) is 14.1 Å². The molecule has 1 unspecified atom stereocenters. The number of hydrogen-bond acceptors (Lipinski definition) is 4. The monoisotopic (exact) mass is 321 g/mol. The van der Waals surface area contributed by atoms with Gasteiger partial charge in [0, 0.05) is 31.7 Å². The molecule has 1 fully saturated rings. The van der Waals surface area contributed by atoms with Gasteiger partial charge in [-0.3, -0.25) is 4.68 Å². The molecule has 0 radical (unpaired) electrons. The molecule has 0 amide bonds. The molecule has 20 heavy (non-hydrogen) atoms. The molecule has 1 saturated heterocycles. The lowest BCUT2D eigenvalue weighted by molar-refractivity contribution is -0.00278. The second-order valence-electron chi connectivity index (χ2n) is 4.75. The van der Waals surface area contributed by atoms with Crippen molar-refractivity contribution in [1.29, 1.82) is 0 Å². The van der Waals surface area contributed by atoms with Gasteiger partial charge in [-0.05, 0) is 12.8 Å². The minimum absolute atomic E-state index is 0.0233. The Morgan fingerprint density at radius 3 is 3.05 bits per heavy atom. The summed E-state index contributed by atoms with van der Waals surface area (Å²) in [7, 11) is -3.47. The summed E-state index contributed by atoms with van der Waals surface area (Å²) >= 11 is 5.62. The van der Waals surface area contributed by atoms with E-state index < -0.39 is 10.0 Å². The maximum atomic E-state index is 12.5. The van der Waals surface area contributed by atoms with Crippen molar-refractivity contribution in [3.05, 3.63) is 12.4 Å². The van der Waals surface area contributed by atoms with Crippen LogP contribution in [0.5, 0.6) is 0 Å². The summed E-state index contributed by atoms with van der Waals surface area (Å²) in [5.41, 5.74) is 0. The van der Waals surface area contributed by atoms with Gasteiger partial charge in [0.25, 0.3) is 0 Å². The van der Waals surface area contributed by atoms with Crippen LogP contribution in [0, 0.1) is 0 Å². The second-order valence-corrected chi connectivity index (χ2v) is 7.06. The molecule has 0 spiro atoms. The highest BCUT2D eigenvalue weighted by molar-refractivity contribution is 7.89. The first kappa shape index (κ1) is 15.8. The van der Waals surface area contributed by atoms with Crippen LogP contribution in [0.25, 0.3) is 0 Å². The molecule has 1 aromatic heterocycles. The summed E-state index contributed by atoms with van der Waals surface area (Å²) in [5, 5.41) is 4.07. The third kappa shape index (κ3) is 3.52. The molecule has 2 rings (SSSR count). The Bertz CT molecular complexity index is 532. The highest BCUT2D eigenvalue weighted by Crippen LogP contribution is 2.19. The number of alkyl halides is 1. The predicted molar refractivity (Wildman–Crippen MR) is 76.4 cm³/mol. The van der Waals surface area contributed by atoms with Gasteiger partial charge in [-0.1, -0.05) is 6.92 Å². The largest absolute Gasteiger partial charge is 0.375 e. The smallest absolute Gasteiger partial charge is 0.246 e. The number of aryl methyl sites for hydroxylation is 1. The Morgan fingerprint density at radius 1 is 1.55 bits per heavy atom. The first-order valence-corrected chi connectivity index (χ1v) is 8.75. The van der Waals surface area contributed by atoms with Crippen molar-refractivity contribution in [3.63, 3.8) is 0 Å². The van der Waals surface area contributed by atoms with E-state index in [1.54, 1.807) is 10.9 Å². The van der Waals surface area contributed by atoms with Crippen LogP contribution in [-0.2, 0) is 21.3 Å². The Hall–Kier alpha value is -0.630. The highest BCUT2D eigenvalue weighted by Gasteiger charge is 2.30. The van der Waals surface area contributed by atoms with Crippen LogP contribution in [0.15, 0.2) is 17.3 Å². The van der Waals surface area contributed by atoms with Gasteiger partial charge in [-0.15, -0.1) is 11.6 Å². The minimum atomic E-state index is -3.47. The van der Waals surface area contributed by atoms with Crippen molar-refractivity contribution >= 4 is 21.6 Å². The van der Waals surface area contributed by atoms with Gasteiger partial charge >= 0.3 is 0 Å². The molecular formula is C12H20ClN3O3S. The van der Waals surface area contributed by atoms with E-state index in [0.29, 0.717) is 32.1 Å². The zero-order valence-electron chi connectivity index (χ0n) is 11.5. The number of sulfonamides is 1. The molecule has 2 heterocycles. The molecule has 0 saturated carbocycles. The Labute approximate surface area is 124 Å². The summed E-state index contributed by atoms with van der Waals surface area (Å²) in [4.78, 5) is 0.240.